The van der Waals surface area contributed by atoms with Crippen molar-refractivity contribution >= 4 is 52.1 Å². The van der Waals surface area contributed by atoms with Crippen LogP contribution in [0.2, 0.25) is 0 Å². The molecule has 0 fully saturated rings. The maximum absolute atomic E-state index is 11.3. The van der Waals surface area contributed by atoms with Gasteiger partial charge in [-0.25, -0.2) is 4.79 Å². The Labute approximate surface area is 273 Å². The number of hydrogen-bond donors (Lipinski definition) is 1. The number of carbonyl (C=O) groups is 1. The summed E-state index contributed by atoms with van der Waals surface area (Å²) in [6.45, 7) is 4.50. The molecule has 1 aliphatic carbocycles. The lowest BCUT2D eigenvalue weighted by Crippen LogP contribution is -2.23. The number of allylic oxidation sites excluding steroid dienone is 1. The van der Waals surface area contributed by atoms with Crippen LogP contribution in [-0.2, 0) is 10.2 Å². The fourth-order valence-corrected chi connectivity index (χ4v) is 7.44. The Morgan fingerprint density at radius 3 is 1.93 bits per heavy atom. The van der Waals surface area contributed by atoms with Gasteiger partial charge in [-0.05, 0) is 101 Å². The van der Waals surface area contributed by atoms with Crippen molar-refractivity contribution in [1.29, 1.82) is 10.5 Å². The van der Waals surface area contributed by atoms with Crippen LogP contribution in [-0.4, -0.2) is 11.1 Å². The number of anilines is 3. The summed E-state index contributed by atoms with van der Waals surface area (Å²) in [5.41, 5.74) is 9.19. The molecule has 1 heterocycles. The molecule has 0 aliphatic heterocycles. The summed E-state index contributed by atoms with van der Waals surface area (Å²) in [6, 6.07) is 41.7. The van der Waals surface area contributed by atoms with Crippen LogP contribution in [0, 0.1) is 22.7 Å². The molecule has 0 radical (unpaired) electrons. The summed E-state index contributed by atoms with van der Waals surface area (Å²) < 4.78 is 0. The van der Waals surface area contributed by atoms with Crippen molar-refractivity contribution in [1.82, 2.24) is 0 Å². The molecule has 1 aromatic heterocycles. The Morgan fingerprint density at radius 2 is 1.37 bits per heavy atom. The Bertz CT molecular complexity index is 2040. The van der Waals surface area contributed by atoms with E-state index in [-0.39, 0.29) is 11.0 Å². The number of nitrogens with zero attached hydrogens (tertiary/aromatic N) is 3. The van der Waals surface area contributed by atoms with Crippen LogP contribution < -0.4 is 4.90 Å². The zero-order valence-corrected chi connectivity index (χ0v) is 26.4. The van der Waals surface area contributed by atoms with Gasteiger partial charge in [-0.1, -0.05) is 74.5 Å². The summed E-state index contributed by atoms with van der Waals surface area (Å²) in [5.74, 6) is -1.28. The molecule has 5 nitrogen and oxygen atoms in total. The number of carboxylic acid groups (broad SMARTS) is 1. The van der Waals surface area contributed by atoms with Crippen LogP contribution >= 0.6 is 11.3 Å². The molecule has 0 bridgehead atoms. The van der Waals surface area contributed by atoms with Gasteiger partial charge in [0, 0.05) is 32.2 Å². The first-order valence-corrected chi connectivity index (χ1v) is 16.0. The molecule has 0 spiro atoms. The predicted molar refractivity (Wildman–Crippen MR) is 187 cm³/mol. The summed E-state index contributed by atoms with van der Waals surface area (Å²) in [4.78, 5) is 14.9. The summed E-state index contributed by atoms with van der Waals surface area (Å²) in [6.07, 6.45) is 5.07. The number of thiophene rings is 1. The second-order valence-electron chi connectivity index (χ2n) is 11.2. The first-order valence-electron chi connectivity index (χ1n) is 15.2. The van der Waals surface area contributed by atoms with Crippen LogP contribution in [0.1, 0.15) is 53.1 Å². The van der Waals surface area contributed by atoms with Gasteiger partial charge in [0.1, 0.15) is 17.7 Å². The summed E-state index contributed by atoms with van der Waals surface area (Å²) >= 11 is 1.28. The molecule has 1 N–H and O–H groups in total. The topological polar surface area (TPSA) is 88.1 Å². The molecule has 0 saturated heterocycles. The molecule has 46 heavy (non-hydrogen) atoms. The van der Waals surface area contributed by atoms with Crippen molar-refractivity contribution in [3.05, 3.63) is 141 Å². The second kappa shape index (κ2) is 12.7. The van der Waals surface area contributed by atoms with Gasteiger partial charge in [-0.2, -0.15) is 10.5 Å². The molecule has 5 aromatic rings. The highest BCUT2D eigenvalue weighted by Crippen LogP contribution is 2.54. The van der Waals surface area contributed by atoms with E-state index in [0.717, 1.165) is 35.5 Å². The zero-order valence-electron chi connectivity index (χ0n) is 25.6. The SMILES string of the molecule is CCC1(CC)c2cc(/C=C(\C#N)c3ccc(/C=C(/C#N)C(=O)O)s3)ccc2-c2ccc(N(c3ccccc3)c3ccccc3)cc21. The van der Waals surface area contributed by atoms with Crippen LogP contribution in [0.5, 0.6) is 0 Å². The average Bonchev–Trinajstić information content (AvgIpc) is 3.67. The monoisotopic (exact) mass is 617 g/mol. The zero-order chi connectivity index (χ0) is 32.3. The molecular weight excluding hydrogens is 587 g/mol. The smallest absolute Gasteiger partial charge is 0.346 e. The van der Waals surface area contributed by atoms with Gasteiger partial charge in [-0.3, -0.25) is 0 Å². The Kier molecular flexibility index (Phi) is 8.40. The van der Waals surface area contributed by atoms with E-state index in [2.05, 4.69) is 110 Å². The number of aliphatic carboxylic acids is 1. The van der Waals surface area contributed by atoms with Gasteiger partial charge in [0.05, 0.1) is 5.57 Å². The fourth-order valence-electron chi connectivity index (χ4n) is 6.53. The number of hydrogen-bond acceptors (Lipinski definition) is 5. The lowest BCUT2D eigenvalue weighted by molar-refractivity contribution is -0.132. The molecule has 6 rings (SSSR count). The summed E-state index contributed by atoms with van der Waals surface area (Å²) in [7, 11) is 0. The maximum atomic E-state index is 11.3. The number of benzene rings is 4. The highest BCUT2D eigenvalue weighted by atomic mass is 32.1. The van der Waals surface area contributed by atoms with Crippen LogP contribution in [0.3, 0.4) is 0 Å². The van der Waals surface area contributed by atoms with Gasteiger partial charge >= 0.3 is 5.97 Å². The van der Waals surface area contributed by atoms with E-state index in [4.69, 9.17) is 5.26 Å². The van der Waals surface area contributed by atoms with Crippen molar-refractivity contribution in [3.63, 3.8) is 0 Å². The van der Waals surface area contributed by atoms with Gasteiger partial charge in [0.15, 0.2) is 0 Å². The van der Waals surface area contributed by atoms with Crippen molar-refractivity contribution in [2.24, 2.45) is 0 Å². The highest BCUT2D eigenvalue weighted by molar-refractivity contribution is 7.14. The lowest BCUT2D eigenvalue weighted by Gasteiger charge is -2.32. The van der Waals surface area contributed by atoms with E-state index < -0.39 is 5.97 Å². The van der Waals surface area contributed by atoms with E-state index in [1.54, 1.807) is 18.2 Å². The highest BCUT2D eigenvalue weighted by Gasteiger charge is 2.41. The minimum Gasteiger partial charge on any atom is -0.477 e. The standard InChI is InChI=1S/C40H31N3O2S/c1-3-40(4-2)36-22-27(21-28(25-41)38-20-17-33(46-38)23-29(26-42)39(44)45)15-18-34(36)35-19-16-32(24-37(35)40)43(30-11-7-5-8-12-30)31-13-9-6-10-14-31/h5-24H,3-4H2,1-2H3,(H,44,45)/b28-21+,29-23-. The normalized spacial score (nSPS) is 13.3. The van der Waals surface area contributed by atoms with Gasteiger partial charge in [0.2, 0.25) is 0 Å². The number of para-hydroxylation sites is 2. The van der Waals surface area contributed by atoms with Crippen molar-refractivity contribution in [3.8, 4) is 23.3 Å². The minimum absolute atomic E-state index is 0.193. The first kappa shape index (κ1) is 30.3. The number of nitriles is 2. The molecular formula is C40H31N3O2S. The van der Waals surface area contributed by atoms with Crippen molar-refractivity contribution in [2.75, 3.05) is 4.90 Å². The minimum atomic E-state index is -1.28. The molecule has 0 atom stereocenters. The molecule has 4 aromatic carbocycles. The van der Waals surface area contributed by atoms with Gasteiger partial charge < -0.3 is 10.0 Å². The van der Waals surface area contributed by atoms with Crippen LogP contribution in [0.15, 0.2) is 115 Å². The molecule has 224 valence electrons. The van der Waals surface area contributed by atoms with E-state index in [9.17, 15) is 15.2 Å². The number of fused-ring (bicyclic) bond motifs is 3. The third-order valence-corrected chi connectivity index (χ3v) is 9.89. The maximum Gasteiger partial charge on any atom is 0.346 e. The van der Waals surface area contributed by atoms with E-state index in [1.165, 1.54) is 39.7 Å². The number of rotatable bonds is 9. The Morgan fingerprint density at radius 1 is 0.761 bits per heavy atom. The lowest BCUT2D eigenvalue weighted by atomic mass is 9.73. The molecule has 0 amide bonds. The average molecular weight is 618 g/mol. The predicted octanol–water partition coefficient (Wildman–Crippen LogP) is 10.4. The van der Waals surface area contributed by atoms with Gasteiger partial charge in [-0.15, -0.1) is 11.3 Å². The molecule has 0 saturated carbocycles. The fraction of sp³-hybridized carbons (Fsp3) is 0.125. The first-order chi connectivity index (χ1) is 22.4. The number of carboxylic acids is 1. The summed E-state index contributed by atoms with van der Waals surface area (Å²) in [5, 5.41) is 28.4. The molecule has 0 unspecified atom stereocenters. The van der Waals surface area contributed by atoms with Crippen LogP contribution in [0.4, 0.5) is 17.1 Å². The van der Waals surface area contributed by atoms with Crippen molar-refractivity contribution in [2.45, 2.75) is 32.1 Å². The van der Waals surface area contributed by atoms with E-state index in [0.29, 0.717) is 15.3 Å². The third-order valence-electron chi connectivity index (χ3n) is 8.82. The van der Waals surface area contributed by atoms with E-state index in [1.807, 2.05) is 18.2 Å². The van der Waals surface area contributed by atoms with Gasteiger partial charge in [0.25, 0.3) is 0 Å². The largest absolute Gasteiger partial charge is 0.477 e. The molecule has 1 aliphatic rings. The van der Waals surface area contributed by atoms with Crippen molar-refractivity contribution < 1.29 is 9.90 Å². The van der Waals surface area contributed by atoms with Crippen LogP contribution in [0.25, 0.3) is 28.9 Å². The Hall–Kier alpha value is -5.69. The Balaban J connectivity index is 1.42. The second-order valence-corrected chi connectivity index (χ2v) is 12.3. The third kappa shape index (κ3) is 5.41. The molecule has 6 heteroatoms. The quantitative estimate of drug-likeness (QED) is 0.131. The van der Waals surface area contributed by atoms with E-state index >= 15 is 0 Å².